The molecule has 0 aliphatic carbocycles. The Labute approximate surface area is 114 Å². The number of hydrogen-bond donors (Lipinski definition) is 2. The van der Waals surface area contributed by atoms with E-state index in [2.05, 4.69) is 25.1 Å². The third-order valence-electron chi connectivity index (χ3n) is 2.06. The van der Waals surface area contributed by atoms with Gasteiger partial charge in [0.2, 0.25) is 0 Å². The molecule has 0 fully saturated rings. The molecule has 0 spiro atoms. The van der Waals surface area contributed by atoms with Gasteiger partial charge in [0.15, 0.2) is 0 Å². The first-order valence-corrected chi connectivity index (χ1v) is 5.72. The number of hydrogen-bond acceptors (Lipinski definition) is 2. The van der Waals surface area contributed by atoms with E-state index in [9.17, 15) is 9.90 Å². The molecule has 0 aliphatic heterocycles. The summed E-state index contributed by atoms with van der Waals surface area (Å²) in [7, 11) is 0. The lowest BCUT2D eigenvalue weighted by Crippen LogP contribution is -2.17. The maximum Gasteiger partial charge on any atom is 0.337 e. The van der Waals surface area contributed by atoms with Crippen molar-refractivity contribution in [2.24, 2.45) is 0 Å². The molecule has 0 atom stereocenters. The molecule has 0 heterocycles. The number of carbonyl (C=O) groups is 1. The predicted octanol–water partition coefficient (Wildman–Crippen LogP) is 3.49. The van der Waals surface area contributed by atoms with E-state index in [1.807, 2.05) is 19.1 Å². The molecule has 0 unspecified atom stereocenters. The molecule has 0 saturated heterocycles. The second kappa shape index (κ2) is 9.48. The summed E-state index contributed by atoms with van der Waals surface area (Å²) in [5.74, 6) is -1.05. The second-order valence-corrected chi connectivity index (χ2v) is 3.41. The monoisotopic (exact) mass is 257 g/mol. The Morgan fingerprint density at radius 2 is 1.74 bits per heavy atom. The van der Waals surface area contributed by atoms with Crippen molar-refractivity contribution >= 4 is 5.97 Å². The lowest BCUT2D eigenvalue weighted by Gasteiger charge is -2.11. The van der Waals surface area contributed by atoms with E-state index in [4.69, 9.17) is 0 Å². The third-order valence-corrected chi connectivity index (χ3v) is 2.06. The standard InChI is InChI=1S/C16H19NO2/c1-5-9-12-13(8-4)17-15(11-7-3)14(10-6-2)16(18)19/h5-12,17H,2-4H2,1H3,(H,18,19)/b9-5-,13-12+,14-10+,15-11+. The summed E-state index contributed by atoms with van der Waals surface area (Å²) in [4.78, 5) is 11.2. The van der Waals surface area contributed by atoms with Gasteiger partial charge >= 0.3 is 5.97 Å². The van der Waals surface area contributed by atoms with E-state index < -0.39 is 5.97 Å². The number of rotatable bonds is 8. The smallest absolute Gasteiger partial charge is 0.337 e. The van der Waals surface area contributed by atoms with Gasteiger partial charge in [-0.1, -0.05) is 44.0 Å². The van der Waals surface area contributed by atoms with Crippen LogP contribution in [0, 0.1) is 0 Å². The van der Waals surface area contributed by atoms with E-state index >= 15 is 0 Å². The molecule has 0 aromatic carbocycles. The summed E-state index contributed by atoms with van der Waals surface area (Å²) >= 11 is 0. The minimum absolute atomic E-state index is 0.100. The Hall–Kier alpha value is -2.55. The molecule has 100 valence electrons. The fourth-order valence-corrected chi connectivity index (χ4v) is 1.23. The SMILES string of the molecule is C=C/C=C(N/C(C=C)=C/C=C\C)\C(=C/C=C)C(=O)O. The van der Waals surface area contributed by atoms with Crippen molar-refractivity contribution < 1.29 is 9.90 Å². The van der Waals surface area contributed by atoms with E-state index in [0.717, 1.165) is 0 Å². The van der Waals surface area contributed by atoms with Gasteiger partial charge in [-0.2, -0.15) is 0 Å². The zero-order valence-electron chi connectivity index (χ0n) is 11.1. The Morgan fingerprint density at radius 1 is 1.11 bits per heavy atom. The number of nitrogens with one attached hydrogen (secondary N) is 1. The normalized spacial score (nSPS) is 13.2. The first kappa shape index (κ1) is 16.4. The van der Waals surface area contributed by atoms with Crippen LogP contribution in [0.15, 0.2) is 85.3 Å². The van der Waals surface area contributed by atoms with Crippen LogP contribution in [0.5, 0.6) is 0 Å². The average Bonchev–Trinajstić information content (AvgIpc) is 2.39. The highest BCUT2D eigenvalue weighted by Gasteiger charge is 2.12. The van der Waals surface area contributed by atoms with Gasteiger partial charge in [-0.05, 0) is 31.2 Å². The molecule has 3 heteroatoms. The molecule has 0 aromatic rings. The van der Waals surface area contributed by atoms with Crippen molar-refractivity contribution in [1.29, 1.82) is 0 Å². The third kappa shape index (κ3) is 6.07. The molecule has 0 rings (SSSR count). The van der Waals surface area contributed by atoms with Crippen LogP contribution in [0.4, 0.5) is 0 Å². The minimum atomic E-state index is -1.05. The molecule has 3 nitrogen and oxygen atoms in total. The number of carboxylic acid groups (broad SMARTS) is 1. The molecule has 0 amide bonds. The average molecular weight is 257 g/mol. The fraction of sp³-hybridized carbons (Fsp3) is 0.0625. The molecule has 0 aliphatic rings. The van der Waals surface area contributed by atoms with Gasteiger partial charge < -0.3 is 10.4 Å². The first-order valence-electron chi connectivity index (χ1n) is 5.72. The van der Waals surface area contributed by atoms with Crippen molar-refractivity contribution in [2.75, 3.05) is 0 Å². The molecular weight excluding hydrogens is 238 g/mol. The van der Waals surface area contributed by atoms with Crippen LogP contribution in [0.2, 0.25) is 0 Å². The van der Waals surface area contributed by atoms with Crippen LogP contribution in [0.1, 0.15) is 6.92 Å². The van der Waals surface area contributed by atoms with E-state index in [1.165, 1.54) is 18.2 Å². The highest BCUT2D eigenvalue weighted by atomic mass is 16.4. The van der Waals surface area contributed by atoms with Crippen molar-refractivity contribution in [1.82, 2.24) is 5.32 Å². The minimum Gasteiger partial charge on any atom is -0.478 e. The summed E-state index contributed by atoms with van der Waals surface area (Å²) in [5, 5.41) is 12.2. The van der Waals surface area contributed by atoms with Gasteiger partial charge in [-0.25, -0.2) is 4.79 Å². The van der Waals surface area contributed by atoms with Gasteiger partial charge in [-0.15, -0.1) is 0 Å². The highest BCUT2D eigenvalue weighted by Crippen LogP contribution is 2.11. The van der Waals surface area contributed by atoms with Crippen LogP contribution >= 0.6 is 0 Å². The van der Waals surface area contributed by atoms with Crippen LogP contribution in [-0.4, -0.2) is 11.1 Å². The van der Waals surface area contributed by atoms with Crippen LogP contribution in [0.25, 0.3) is 0 Å². The Morgan fingerprint density at radius 3 is 2.16 bits per heavy atom. The van der Waals surface area contributed by atoms with Crippen molar-refractivity contribution in [3.05, 3.63) is 85.3 Å². The van der Waals surface area contributed by atoms with Crippen LogP contribution in [0.3, 0.4) is 0 Å². The summed E-state index contributed by atoms with van der Waals surface area (Å²) in [6.45, 7) is 12.6. The molecule has 0 bridgehead atoms. The molecule has 0 radical (unpaired) electrons. The predicted molar refractivity (Wildman–Crippen MR) is 80.4 cm³/mol. The van der Waals surface area contributed by atoms with Crippen LogP contribution < -0.4 is 5.32 Å². The Kier molecular flexibility index (Phi) is 8.21. The van der Waals surface area contributed by atoms with Gasteiger partial charge in [0.1, 0.15) is 0 Å². The molecule has 2 N–H and O–H groups in total. The fourth-order valence-electron chi connectivity index (χ4n) is 1.23. The zero-order chi connectivity index (χ0) is 14.7. The number of aliphatic carboxylic acids is 1. The molecule has 0 saturated carbocycles. The van der Waals surface area contributed by atoms with Gasteiger partial charge in [0.05, 0.1) is 11.3 Å². The Bertz CT molecular complexity index is 477. The summed E-state index contributed by atoms with van der Waals surface area (Å²) in [6, 6.07) is 0. The summed E-state index contributed by atoms with van der Waals surface area (Å²) in [6.07, 6.45) is 13.0. The molecule has 19 heavy (non-hydrogen) atoms. The lowest BCUT2D eigenvalue weighted by molar-refractivity contribution is -0.132. The van der Waals surface area contributed by atoms with E-state index in [-0.39, 0.29) is 5.57 Å². The number of allylic oxidation sites excluding steroid dienone is 8. The zero-order valence-corrected chi connectivity index (χ0v) is 11.1. The maximum atomic E-state index is 11.2. The highest BCUT2D eigenvalue weighted by molar-refractivity contribution is 5.92. The second-order valence-electron chi connectivity index (χ2n) is 3.41. The molecular formula is C16H19NO2. The molecule has 0 aromatic heterocycles. The van der Waals surface area contributed by atoms with Crippen molar-refractivity contribution in [3.63, 3.8) is 0 Å². The first-order chi connectivity index (χ1) is 9.10. The lowest BCUT2D eigenvalue weighted by atomic mass is 10.1. The van der Waals surface area contributed by atoms with Gasteiger partial charge in [0, 0.05) is 5.70 Å². The largest absolute Gasteiger partial charge is 0.478 e. The van der Waals surface area contributed by atoms with Gasteiger partial charge in [-0.3, -0.25) is 0 Å². The van der Waals surface area contributed by atoms with Crippen LogP contribution in [-0.2, 0) is 4.79 Å². The maximum absolute atomic E-state index is 11.2. The summed E-state index contributed by atoms with van der Waals surface area (Å²) in [5.41, 5.74) is 1.20. The van der Waals surface area contributed by atoms with Gasteiger partial charge in [0.25, 0.3) is 0 Å². The van der Waals surface area contributed by atoms with Crippen molar-refractivity contribution in [3.8, 4) is 0 Å². The van der Waals surface area contributed by atoms with Crippen molar-refractivity contribution in [2.45, 2.75) is 6.92 Å². The Balaban J connectivity index is 5.45. The van der Waals surface area contributed by atoms with E-state index in [0.29, 0.717) is 11.4 Å². The quantitative estimate of drug-likeness (QED) is 0.517. The van der Waals surface area contributed by atoms with E-state index in [1.54, 1.807) is 18.2 Å². The topological polar surface area (TPSA) is 49.3 Å². The summed E-state index contributed by atoms with van der Waals surface area (Å²) < 4.78 is 0. The number of carboxylic acids is 1.